The molecule has 8 heteroatoms. The van der Waals surface area contributed by atoms with Crippen LogP contribution in [-0.2, 0) is 6.54 Å². The van der Waals surface area contributed by atoms with Crippen LogP contribution in [-0.4, -0.2) is 46.3 Å². The van der Waals surface area contributed by atoms with Gasteiger partial charge in [-0.1, -0.05) is 0 Å². The second-order valence-electron chi connectivity index (χ2n) is 5.92. The van der Waals surface area contributed by atoms with Crippen LogP contribution in [0.4, 0.5) is 0 Å². The molecule has 4 rings (SSSR count). The summed E-state index contributed by atoms with van der Waals surface area (Å²) in [6.45, 7) is 1.85. The number of fused-ring (bicyclic) bond motifs is 3. The molecule has 3 aromatic rings. The number of aliphatic hydroxyl groups excluding tert-OH is 1. The van der Waals surface area contributed by atoms with Gasteiger partial charge in [-0.3, -0.25) is 9.69 Å². The molecule has 0 amide bonds. The SMILES string of the molecule is COc1ccc(Br)c2oc3c(=O)[nH]c(CN4CC[C@H](O)C4)nc3c12. The number of halogens is 1. The number of hydrogen-bond donors (Lipinski definition) is 2. The molecule has 1 saturated heterocycles. The average Bonchev–Trinajstić information content (AvgIpc) is 3.13. The maximum atomic E-state index is 12.4. The molecule has 24 heavy (non-hydrogen) atoms. The normalized spacial score (nSPS) is 18.7. The average molecular weight is 394 g/mol. The molecule has 7 nitrogen and oxygen atoms in total. The first-order chi connectivity index (χ1) is 11.6. The highest BCUT2D eigenvalue weighted by Gasteiger charge is 2.23. The lowest BCUT2D eigenvalue weighted by Gasteiger charge is -2.13. The minimum atomic E-state index is -0.320. The maximum absolute atomic E-state index is 12.4. The van der Waals surface area contributed by atoms with Crippen LogP contribution in [0.2, 0.25) is 0 Å². The lowest BCUT2D eigenvalue weighted by molar-refractivity contribution is 0.174. The highest BCUT2D eigenvalue weighted by atomic mass is 79.9. The largest absolute Gasteiger partial charge is 0.496 e. The number of rotatable bonds is 3. The summed E-state index contributed by atoms with van der Waals surface area (Å²) in [6, 6.07) is 3.62. The molecular formula is C16H16BrN3O4. The predicted octanol–water partition coefficient (Wildman–Crippen LogP) is 2.01. The van der Waals surface area contributed by atoms with Gasteiger partial charge in [-0.2, -0.15) is 0 Å². The van der Waals surface area contributed by atoms with E-state index in [1.807, 2.05) is 6.07 Å². The number of benzene rings is 1. The van der Waals surface area contributed by atoms with Gasteiger partial charge in [0.25, 0.3) is 5.56 Å². The van der Waals surface area contributed by atoms with Crippen molar-refractivity contribution in [1.82, 2.24) is 14.9 Å². The smallest absolute Gasteiger partial charge is 0.294 e. The Labute approximate surface area is 145 Å². The highest BCUT2D eigenvalue weighted by Crippen LogP contribution is 2.37. The van der Waals surface area contributed by atoms with Gasteiger partial charge in [0.15, 0.2) is 5.58 Å². The summed E-state index contributed by atoms with van der Waals surface area (Å²) in [4.78, 5) is 21.8. The number of nitrogens with zero attached hydrogens (tertiary/aromatic N) is 2. The maximum Gasteiger partial charge on any atom is 0.294 e. The van der Waals surface area contributed by atoms with Crippen molar-refractivity contribution in [2.24, 2.45) is 0 Å². The number of hydrogen-bond acceptors (Lipinski definition) is 6. The molecule has 2 aromatic heterocycles. The lowest BCUT2D eigenvalue weighted by atomic mass is 10.2. The third-order valence-corrected chi connectivity index (χ3v) is 4.90. The van der Waals surface area contributed by atoms with Gasteiger partial charge in [-0.05, 0) is 34.5 Å². The van der Waals surface area contributed by atoms with E-state index in [1.165, 1.54) is 0 Å². The molecule has 2 N–H and O–H groups in total. The summed E-state index contributed by atoms with van der Waals surface area (Å²) >= 11 is 3.43. The van der Waals surface area contributed by atoms with Crippen LogP contribution in [0.25, 0.3) is 22.1 Å². The zero-order valence-electron chi connectivity index (χ0n) is 13.0. The standard InChI is InChI=1S/C16H16BrN3O4/c1-23-10-3-2-9(17)14-12(10)13-15(24-14)16(22)19-11(18-13)7-20-5-4-8(21)6-20/h2-3,8,21H,4-7H2,1H3,(H,18,19,22)/t8-/m0/s1. The molecule has 0 spiro atoms. The van der Waals surface area contributed by atoms with Gasteiger partial charge in [-0.15, -0.1) is 0 Å². The number of aromatic nitrogens is 2. The number of likely N-dealkylation sites (tertiary alicyclic amines) is 1. The van der Waals surface area contributed by atoms with Crippen LogP contribution in [0.15, 0.2) is 25.8 Å². The van der Waals surface area contributed by atoms with E-state index in [4.69, 9.17) is 9.15 Å². The number of β-amino-alcohol motifs (C(OH)–C–C–N with tert-alkyl or cyclic N) is 1. The van der Waals surface area contributed by atoms with Crippen LogP contribution >= 0.6 is 15.9 Å². The quantitative estimate of drug-likeness (QED) is 0.706. The summed E-state index contributed by atoms with van der Waals surface area (Å²) in [6.07, 6.45) is 0.424. The third kappa shape index (κ3) is 2.51. The number of aliphatic hydroxyl groups is 1. The van der Waals surface area contributed by atoms with Gasteiger partial charge in [0, 0.05) is 13.1 Å². The Morgan fingerprint density at radius 3 is 3.04 bits per heavy atom. The van der Waals surface area contributed by atoms with Crippen molar-refractivity contribution in [2.75, 3.05) is 20.2 Å². The number of methoxy groups -OCH3 is 1. The Bertz CT molecular complexity index is 981. The number of ether oxygens (including phenoxy) is 1. The van der Waals surface area contributed by atoms with E-state index in [0.717, 1.165) is 17.4 Å². The van der Waals surface area contributed by atoms with Crippen molar-refractivity contribution in [1.29, 1.82) is 0 Å². The van der Waals surface area contributed by atoms with E-state index < -0.39 is 0 Å². The molecule has 0 radical (unpaired) electrons. The van der Waals surface area contributed by atoms with Crippen molar-refractivity contribution >= 4 is 38.0 Å². The van der Waals surface area contributed by atoms with Crippen LogP contribution in [0.1, 0.15) is 12.2 Å². The minimum absolute atomic E-state index is 0.181. The van der Waals surface area contributed by atoms with Gasteiger partial charge in [0.1, 0.15) is 17.1 Å². The van der Waals surface area contributed by atoms with Crippen molar-refractivity contribution < 1.29 is 14.3 Å². The van der Waals surface area contributed by atoms with Gasteiger partial charge >= 0.3 is 0 Å². The molecule has 1 fully saturated rings. The number of aromatic amines is 1. The van der Waals surface area contributed by atoms with E-state index in [-0.39, 0.29) is 17.2 Å². The van der Waals surface area contributed by atoms with Crippen molar-refractivity contribution in [3.05, 3.63) is 32.8 Å². The van der Waals surface area contributed by atoms with E-state index >= 15 is 0 Å². The molecular weight excluding hydrogens is 378 g/mol. The Kier molecular flexibility index (Phi) is 3.82. The predicted molar refractivity (Wildman–Crippen MR) is 92.3 cm³/mol. The van der Waals surface area contributed by atoms with Crippen molar-refractivity contribution in [3.8, 4) is 5.75 Å². The third-order valence-electron chi connectivity index (χ3n) is 4.28. The molecule has 0 unspecified atom stereocenters. The second kappa shape index (κ2) is 5.87. The van der Waals surface area contributed by atoms with Gasteiger partial charge in [0.05, 0.1) is 29.6 Å². The van der Waals surface area contributed by atoms with E-state index in [2.05, 4.69) is 30.8 Å². The molecule has 126 valence electrons. The second-order valence-corrected chi connectivity index (χ2v) is 6.78. The summed E-state index contributed by atoms with van der Waals surface area (Å²) in [7, 11) is 1.57. The van der Waals surface area contributed by atoms with Crippen molar-refractivity contribution in [2.45, 2.75) is 19.1 Å². The monoisotopic (exact) mass is 393 g/mol. The Morgan fingerprint density at radius 2 is 2.33 bits per heavy atom. The number of H-pyrrole nitrogens is 1. The zero-order chi connectivity index (χ0) is 16.8. The highest BCUT2D eigenvalue weighted by molar-refractivity contribution is 9.10. The fourth-order valence-corrected chi connectivity index (χ4v) is 3.56. The van der Waals surface area contributed by atoms with Crippen LogP contribution < -0.4 is 10.3 Å². The van der Waals surface area contributed by atoms with Crippen LogP contribution in [0.3, 0.4) is 0 Å². The first kappa shape index (κ1) is 15.6. The van der Waals surface area contributed by atoms with Gasteiger partial charge < -0.3 is 19.2 Å². The molecule has 1 aliphatic rings. The topological polar surface area (TPSA) is 91.6 Å². The minimum Gasteiger partial charge on any atom is -0.496 e. The fraction of sp³-hybridized carbons (Fsp3) is 0.375. The summed E-state index contributed by atoms with van der Waals surface area (Å²) in [5.74, 6) is 1.15. The van der Waals surface area contributed by atoms with Gasteiger partial charge in [-0.25, -0.2) is 4.98 Å². The fourth-order valence-electron chi connectivity index (χ4n) is 3.15. The molecule has 0 saturated carbocycles. The molecule has 1 aliphatic heterocycles. The summed E-state index contributed by atoms with van der Waals surface area (Å²) < 4.78 is 11.8. The Hall–Kier alpha value is -1.90. The Morgan fingerprint density at radius 1 is 1.50 bits per heavy atom. The summed E-state index contributed by atoms with van der Waals surface area (Å²) in [5, 5.41) is 10.3. The first-order valence-electron chi connectivity index (χ1n) is 7.65. The van der Waals surface area contributed by atoms with E-state index in [0.29, 0.717) is 41.1 Å². The number of nitrogens with one attached hydrogen (secondary N) is 1. The lowest BCUT2D eigenvalue weighted by Crippen LogP contribution is -2.24. The molecule has 0 bridgehead atoms. The van der Waals surface area contributed by atoms with E-state index in [1.54, 1.807) is 13.2 Å². The first-order valence-corrected chi connectivity index (χ1v) is 8.44. The molecule has 0 aliphatic carbocycles. The van der Waals surface area contributed by atoms with Crippen molar-refractivity contribution in [3.63, 3.8) is 0 Å². The van der Waals surface area contributed by atoms with Crippen LogP contribution in [0.5, 0.6) is 5.75 Å². The Balaban J connectivity index is 1.88. The molecule has 1 aromatic carbocycles. The molecule has 3 heterocycles. The van der Waals surface area contributed by atoms with Gasteiger partial charge in [0.2, 0.25) is 5.58 Å². The van der Waals surface area contributed by atoms with E-state index in [9.17, 15) is 9.90 Å². The zero-order valence-corrected chi connectivity index (χ0v) is 14.6. The summed E-state index contributed by atoms with van der Waals surface area (Å²) in [5.41, 5.74) is 0.887. The molecule has 1 atom stereocenters. The van der Waals surface area contributed by atoms with Crippen LogP contribution in [0, 0.1) is 0 Å². The number of furan rings is 1.